The first-order valence-electron chi connectivity index (χ1n) is 12.2. The molecule has 0 saturated carbocycles. The molecule has 35 heavy (non-hydrogen) atoms. The first-order chi connectivity index (χ1) is 17.0. The molecule has 0 aliphatic carbocycles. The van der Waals surface area contributed by atoms with E-state index in [0.29, 0.717) is 17.1 Å². The Bertz CT molecular complexity index is 1160. The molecule has 0 unspecified atom stereocenters. The van der Waals surface area contributed by atoms with Gasteiger partial charge in [-0.05, 0) is 52.2 Å². The topological polar surface area (TPSA) is 108 Å². The Kier molecular flexibility index (Phi) is 6.65. The van der Waals surface area contributed by atoms with Crippen molar-refractivity contribution < 1.29 is 4.79 Å². The largest absolute Gasteiger partial charge is 0.381 e. The summed E-state index contributed by atoms with van der Waals surface area (Å²) in [4.78, 5) is 28.8. The number of piperidine rings is 1. The van der Waals surface area contributed by atoms with Gasteiger partial charge in [0.2, 0.25) is 0 Å². The van der Waals surface area contributed by atoms with E-state index in [1.54, 1.807) is 18.6 Å². The van der Waals surface area contributed by atoms with Crippen LogP contribution in [0.5, 0.6) is 0 Å². The number of nitrogen functional groups attached to an aromatic ring is 1. The molecule has 0 bridgehead atoms. The van der Waals surface area contributed by atoms with Gasteiger partial charge in [0.05, 0.1) is 23.7 Å². The predicted octanol–water partition coefficient (Wildman–Crippen LogP) is 1.49. The summed E-state index contributed by atoms with van der Waals surface area (Å²) in [6.45, 7) is 6.15. The van der Waals surface area contributed by atoms with E-state index in [0.717, 1.165) is 57.7 Å². The number of carbonyl (C=O) groups excluding carboxylic acids is 1. The van der Waals surface area contributed by atoms with Crippen LogP contribution in [0, 0.1) is 0 Å². The van der Waals surface area contributed by atoms with Crippen molar-refractivity contribution in [2.24, 2.45) is 0 Å². The molecule has 0 atom stereocenters. The molecule has 1 amide bonds. The van der Waals surface area contributed by atoms with Crippen LogP contribution in [0.4, 0.5) is 11.5 Å². The lowest BCUT2D eigenvalue weighted by molar-refractivity contribution is 0.0917. The van der Waals surface area contributed by atoms with E-state index in [4.69, 9.17) is 10.7 Å². The number of carbonyl (C=O) groups is 1. The van der Waals surface area contributed by atoms with E-state index in [2.05, 4.69) is 68.5 Å². The third-order valence-corrected chi connectivity index (χ3v) is 6.93. The van der Waals surface area contributed by atoms with Gasteiger partial charge in [0, 0.05) is 49.7 Å². The van der Waals surface area contributed by atoms with Crippen molar-refractivity contribution in [2.75, 3.05) is 64.0 Å². The Labute approximate surface area is 205 Å². The molecule has 3 N–H and O–H groups in total. The highest BCUT2D eigenvalue weighted by Gasteiger charge is 2.21. The number of hydrogen-bond donors (Lipinski definition) is 2. The minimum atomic E-state index is -0.131. The SMILES string of the molecule is CN1CCC(NC(=O)c2cnn(-c3nc(-c4ccc(N5CCN(C)CC5)cc4)cnc3N)c2)CC1. The molecular formula is C25H33N9O. The van der Waals surface area contributed by atoms with Crippen LogP contribution in [0.3, 0.4) is 0 Å². The number of likely N-dealkylation sites (tertiary alicyclic amines) is 1. The summed E-state index contributed by atoms with van der Waals surface area (Å²) in [6, 6.07) is 8.54. The summed E-state index contributed by atoms with van der Waals surface area (Å²) < 4.78 is 1.52. The number of nitrogens with zero attached hydrogens (tertiary/aromatic N) is 7. The van der Waals surface area contributed by atoms with Crippen LogP contribution in [0.2, 0.25) is 0 Å². The van der Waals surface area contributed by atoms with Gasteiger partial charge in [0.15, 0.2) is 11.6 Å². The van der Waals surface area contributed by atoms with Crippen molar-refractivity contribution in [3.05, 3.63) is 48.4 Å². The number of rotatable bonds is 5. The Balaban J connectivity index is 1.30. The minimum Gasteiger partial charge on any atom is -0.381 e. The lowest BCUT2D eigenvalue weighted by Crippen LogP contribution is -2.44. The Morgan fingerprint density at radius 1 is 0.971 bits per heavy atom. The van der Waals surface area contributed by atoms with Gasteiger partial charge in [0.1, 0.15) is 0 Å². The van der Waals surface area contributed by atoms with Crippen LogP contribution in [-0.2, 0) is 0 Å². The van der Waals surface area contributed by atoms with Crippen LogP contribution in [0.15, 0.2) is 42.9 Å². The van der Waals surface area contributed by atoms with Gasteiger partial charge in [0.25, 0.3) is 5.91 Å². The number of amides is 1. The molecule has 1 aromatic carbocycles. The highest BCUT2D eigenvalue weighted by Crippen LogP contribution is 2.24. The molecule has 0 spiro atoms. The standard InChI is InChI=1S/C25H33N9O/c1-31-9-7-20(8-10-31)29-25(35)19-15-28-34(17-19)24-23(26)27-16-22(30-24)18-3-5-21(6-4-18)33-13-11-32(2)12-14-33/h3-6,15-17,20H,7-14H2,1-2H3,(H2,26,27)(H,29,35). The second-order valence-electron chi connectivity index (χ2n) is 9.53. The summed E-state index contributed by atoms with van der Waals surface area (Å²) in [5.74, 6) is 0.533. The van der Waals surface area contributed by atoms with E-state index < -0.39 is 0 Å². The van der Waals surface area contributed by atoms with Crippen molar-refractivity contribution in [3.8, 4) is 17.1 Å². The molecule has 3 aromatic rings. The maximum absolute atomic E-state index is 12.7. The number of aromatic nitrogens is 4. The first kappa shape index (κ1) is 23.3. The zero-order chi connectivity index (χ0) is 24.4. The summed E-state index contributed by atoms with van der Waals surface area (Å²) in [7, 11) is 4.26. The smallest absolute Gasteiger partial charge is 0.254 e. The van der Waals surface area contributed by atoms with E-state index in [9.17, 15) is 4.79 Å². The highest BCUT2D eigenvalue weighted by molar-refractivity contribution is 5.94. The van der Waals surface area contributed by atoms with Crippen molar-refractivity contribution in [1.82, 2.24) is 34.9 Å². The average Bonchev–Trinajstić information content (AvgIpc) is 3.37. The van der Waals surface area contributed by atoms with Crippen molar-refractivity contribution in [2.45, 2.75) is 18.9 Å². The molecule has 0 radical (unpaired) electrons. The quantitative estimate of drug-likeness (QED) is 0.571. The van der Waals surface area contributed by atoms with E-state index in [1.165, 1.54) is 10.4 Å². The zero-order valence-electron chi connectivity index (χ0n) is 20.4. The number of benzene rings is 1. The van der Waals surface area contributed by atoms with Gasteiger partial charge < -0.3 is 25.8 Å². The number of likely N-dealkylation sites (N-methyl/N-ethyl adjacent to an activating group) is 1. The Hall–Kier alpha value is -3.50. The molecule has 10 heteroatoms. The average molecular weight is 476 g/mol. The Morgan fingerprint density at radius 3 is 2.37 bits per heavy atom. The first-order valence-corrected chi connectivity index (χ1v) is 12.2. The summed E-state index contributed by atoms with van der Waals surface area (Å²) >= 11 is 0. The molecule has 2 aliphatic rings. The minimum absolute atomic E-state index is 0.131. The number of nitrogens with one attached hydrogen (secondary N) is 1. The van der Waals surface area contributed by atoms with Gasteiger partial charge in [-0.1, -0.05) is 12.1 Å². The molecule has 4 heterocycles. The van der Waals surface area contributed by atoms with Crippen molar-refractivity contribution in [1.29, 1.82) is 0 Å². The summed E-state index contributed by atoms with van der Waals surface area (Å²) in [6.07, 6.45) is 6.77. The molecule has 5 rings (SSSR count). The second kappa shape index (κ2) is 10.0. The molecule has 10 nitrogen and oxygen atoms in total. The second-order valence-corrected chi connectivity index (χ2v) is 9.53. The molecule has 2 aliphatic heterocycles. The van der Waals surface area contributed by atoms with Crippen LogP contribution in [0.1, 0.15) is 23.2 Å². The van der Waals surface area contributed by atoms with E-state index in [1.807, 2.05) is 0 Å². The van der Waals surface area contributed by atoms with Gasteiger partial charge in [-0.15, -0.1) is 0 Å². The van der Waals surface area contributed by atoms with Crippen LogP contribution in [0.25, 0.3) is 17.1 Å². The van der Waals surface area contributed by atoms with Crippen LogP contribution in [-0.4, -0.2) is 94.9 Å². The fraction of sp³-hybridized carbons (Fsp3) is 0.440. The van der Waals surface area contributed by atoms with Crippen molar-refractivity contribution in [3.63, 3.8) is 0 Å². The lowest BCUT2D eigenvalue weighted by atomic mass is 10.1. The fourth-order valence-corrected chi connectivity index (χ4v) is 4.58. The number of nitrogens with two attached hydrogens (primary N) is 1. The molecule has 2 fully saturated rings. The number of anilines is 2. The molecule has 2 aromatic heterocycles. The fourth-order valence-electron chi connectivity index (χ4n) is 4.58. The third kappa shape index (κ3) is 5.28. The van der Waals surface area contributed by atoms with Crippen LogP contribution >= 0.6 is 0 Å². The molecule has 184 valence electrons. The van der Waals surface area contributed by atoms with Gasteiger partial charge in [-0.25, -0.2) is 14.6 Å². The third-order valence-electron chi connectivity index (χ3n) is 6.93. The van der Waals surface area contributed by atoms with Crippen LogP contribution < -0.4 is 16.0 Å². The predicted molar refractivity (Wildman–Crippen MR) is 137 cm³/mol. The summed E-state index contributed by atoms with van der Waals surface area (Å²) in [5.41, 5.74) is 9.46. The highest BCUT2D eigenvalue weighted by atomic mass is 16.1. The Morgan fingerprint density at radius 2 is 1.66 bits per heavy atom. The normalized spacial score (nSPS) is 18.1. The zero-order valence-corrected chi connectivity index (χ0v) is 20.4. The van der Waals surface area contributed by atoms with E-state index in [-0.39, 0.29) is 17.8 Å². The monoisotopic (exact) mass is 475 g/mol. The lowest BCUT2D eigenvalue weighted by Gasteiger charge is -2.34. The van der Waals surface area contributed by atoms with Gasteiger partial charge >= 0.3 is 0 Å². The van der Waals surface area contributed by atoms with Gasteiger partial charge in [-0.2, -0.15) is 5.10 Å². The molecular weight excluding hydrogens is 442 g/mol. The molecule has 2 saturated heterocycles. The number of hydrogen-bond acceptors (Lipinski definition) is 8. The maximum atomic E-state index is 12.7. The maximum Gasteiger partial charge on any atom is 0.254 e. The van der Waals surface area contributed by atoms with Crippen molar-refractivity contribution >= 4 is 17.4 Å². The van der Waals surface area contributed by atoms with Gasteiger partial charge in [-0.3, -0.25) is 4.79 Å². The van der Waals surface area contributed by atoms with E-state index >= 15 is 0 Å². The number of piperazine rings is 1. The summed E-state index contributed by atoms with van der Waals surface area (Å²) in [5, 5.41) is 7.46.